The van der Waals surface area contributed by atoms with E-state index in [0.29, 0.717) is 0 Å². The molecule has 20 heavy (non-hydrogen) atoms. The summed E-state index contributed by atoms with van der Waals surface area (Å²) in [4.78, 5) is 0. The van der Waals surface area contributed by atoms with E-state index >= 15 is 0 Å². The summed E-state index contributed by atoms with van der Waals surface area (Å²) in [6.07, 6.45) is 24.8. The van der Waals surface area contributed by atoms with Crippen molar-refractivity contribution in [1.82, 2.24) is 0 Å². The van der Waals surface area contributed by atoms with E-state index in [2.05, 4.69) is 31.7 Å². The van der Waals surface area contributed by atoms with Gasteiger partial charge in [0.15, 0.2) is 0 Å². The molecule has 0 aliphatic heterocycles. The summed E-state index contributed by atoms with van der Waals surface area (Å²) in [5.41, 5.74) is 0. The molecule has 0 bridgehead atoms. The normalized spacial score (nSPS) is 32.3. The second kappa shape index (κ2) is 12.4. The zero-order chi connectivity index (χ0) is 13.4. The van der Waals surface area contributed by atoms with E-state index in [4.69, 9.17) is 6.42 Å². The van der Waals surface area contributed by atoms with Gasteiger partial charge in [-0.25, -0.2) is 0 Å². The Kier molecular flexibility index (Phi) is 13.6. The second-order valence-corrected chi connectivity index (χ2v) is 5.82. The summed E-state index contributed by atoms with van der Waals surface area (Å²) in [7, 11) is 0. The first kappa shape index (κ1) is 21.9. The molecule has 2 rings (SSSR count). The van der Waals surface area contributed by atoms with Crippen LogP contribution in [0.5, 0.6) is 0 Å². The Labute approximate surface area is 142 Å². The van der Waals surface area contributed by atoms with Gasteiger partial charge in [-0.05, 0) is 75.0 Å². The molecule has 0 aromatic heterocycles. The van der Waals surface area contributed by atoms with E-state index in [1.54, 1.807) is 0 Å². The Morgan fingerprint density at radius 3 is 1.20 bits per heavy atom. The van der Waals surface area contributed by atoms with Crippen LogP contribution in [0, 0.1) is 43.9 Å². The van der Waals surface area contributed by atoms with Gasteiger partial charge in [-0.1, -0.05) is 12.2 Å². The Balaban J connectivity index is -0.000000259. The van der Waals surface area contributed by atoms with Crippen molar-refractivity contribution in [2.45, 2.75) is 51.4 Å². The minimum Gasteiger partial charge on any atom is -0.697 e. The Bertz CT molecular complexity index is 246. The van der Waals surface area contributed by atoms with Gasteiger partial charge in [0.2, 0.25) is 0 Å². The van der Waals surface area contributed by atoms with Crippen LogP contribution in [-0.4, -0.2) is 0 Å². The van der Waals surface area contributed by atoms with Crippen LogP contribution in [0.25, 0.3) is 0 Å². The predicted molar refractivity (Wildman–Crippen MR) is 90.1 cm³/mol. The first-order valence-corrected chi connectivity index (χ1v) is 7.37. The average Bonchev–Trinajstić information content (AvgIpc) is 2.49. The molecular formula is C19H34V. The summed E-state index contributed by atoms with van der Waals surface area (Å²) >= 11 is 0. The molecule has 0 aromatic rings. The monoisotopic (exact) mass is 313 g/mol. The molecule has 0 aromatic carbocycles. The van der Waals surface area contributed by atoms with E-state index in [9.17, 15) is 0 Å². The molecule has 0 heterocycles. The van der Waals surface area contributed by atoms with Gasteiger partial charge >= 0.3 is 18.6 Å². The maximum atomic E-state index is 5.25. The van der Waals surface area contributed by atoms with Crippen molar-refractivity contribution in [3.05, 3.63) is 39.2 Å². The van der Waals surface area contributed by atoms with Crippen LogP contribution in [0.4, 0.5) is 0 Å². The molecule has 0 unspecified atom stereocenters. The Hall–Kier alpha value is -0.376. The second-order valence-electron chi connectivity index (χ2n) is 5.82. The van der Waals surface area contributed by atoms with Gasteiger partial charge in [0, 0.05) is 2.85 Å². The molecule has 2 fully saturated rings. The maximum Gasteiger partial charge on any atom is 2.00 e. The number of hydrogen-bond acceptors (Lipinski definition) is 0. The van der Waals surface area contributed by atoms with Crippen molar-refractivity contribution in [1.29, 1.82) is 0 Å². The summed E-state index contributed by atoms with van der Waals surface area (Å²) in [6.45, 7) is 7.86. The van der Waals surface area contributed by atoms with Gasteiger partial charge in [0.25, 0.3) is 0 Å². The predicted octanol–water partition coefficient (Wildman–Crippen LogP) is 6.12. The van der Waals surface area contributed by atoms with Crippen LogP contribution in [-0.2, 0) is 18.6 Å². The minimum absolute atomic E-state index is 0. The van der Waals surface area contributed by atoms with Crippen molar-refractivity contribution < 1.29 is 21.4 Å². The van der Waals surface area contributed by atoms with E-state index < -0.39 is 0 Å². The third kappa shape index (κ3) is 6.38. The summed E-state index contributed by atoms with van der Waals surface area (Å²) in [5.74, 6) is 3.70. The standard InChI is InChI=1S/C16H26.C2H.CH3.V.2H2/c1-3-13-5-9-15(10-6-13)16-11-7-14(4-2)8-12-16;1-2;;;;/h3-4,13-16H,1-2,5-12H2;1H;1H3;;2*1H/q;2*-1;+2;;. The van der Waals surface area contributed by atoms with Crippen LogP contribution in [0.2, 0.25) is 0 Å². The van der Waals surface area contributed by atoms with E-state index in [-0.39, 0.29) is 28.8 Å². The van der Waals surface area contributed by atoms with Gasteiger partial charge in [-0.3, -0.25) is 0 Å². The number of allylic oxidation sites excluding steroid dienone is 2. The average molecular weight is 313 g/mol. The van der Waals surface area contributed by atoms with Crippen molar-refractivity contribution >= 4 is 0 Å². The smallest absolute Gasteiger partial charge is 0.697 e. The third-order valence-corrected chi connectivity index (χ3v) is 4.97. The molecular weight excluding hydrogens is 279 g/mol. The topological polar surface area (TPSA) is 0 Å². The molecule has 0 nitrogen and oxygen atoms in total. The van der Waals surface area contributed by atoms with Crippen LogP contribution in [0.3, 0.4) is 0 Å². The van der Waals surface area contributed by atoms with Gasteiger partial charge in [-0.2, -0.15) is 0 Å². The molecule has 0 spiro atoms. The van der Waals surface area contributed by atoms with Gasteiger partial charge in [0.1, 0.15) is 0 Å². The van der Waals surface area contributed by atoms with Crippen LogP contribution >= 0.6 is 0 Å². The van der Waals surface area contributed by atoms with Gasteiger partial charge < -0.3 is 20.3 Å². The van der Waals surface area contributed by atoms with Gasteiger partial charge in [0.05, 0.1) is 0 Å². The maximum absolute atomic E-state index is 5.25. The third-order valence-electron chi connectivity index (χ3n) is 4.97. The first-order chi connectivity index (χ1) is 8.83. The van der Waals surface area contributed by atoms with Crippen LogP contribution in [0.1, 0.15) is 54.2 Å². The first-order valence-electron chi connectivity index (χ1n) is 7.37. The van der Waals surface area contributed by atoms with E-state index in [0.717, 1.165) is 23.7 Å². The fourth-order valence-electron chi connectivity index (χ4n) is 3.70. The Morgan fingerprint density at radius 1 is 0.750 bits per heavy atom. The molecule has 0 N–H and O–H groups in total. The fourth-order valence-corrected chi connectivity index (χ4v) is 3.70. The molecule has 115 valence electrons. The summed E-state index contributed by atoms with van der Waals surface area (Å²) in [5, 5.41) is 0. The molecule has 1 radical (unpaired) electrons. The van der Waals surface area contributed by atoms with Crippen LogP contribution in [0.15, 0.2) is 25.3 Å². The molecule has 0 atom stereocenters. The number of rotatable bonds is 3. The Morgan fingerprint density at radius 2 is 1.00 bits per heavy atom. The van der Waals surface area contributed by atoms with Crippen molar-refractivity contribution in [2.24, 2.45) is 23.7 Å². The fraction of sp³-hybridized carbons (Fsp3) is 0.632. The molecule has 2 aliphatic rings. The zero-order valence-electron chi connectivity index (χ0n) is 13.1. The van der Waals surface area contributed by atoms with Crippen molar-refractivity contribution in [2.75, 3.05) is 0 Å². The van der Waals surface area contributed by atoms with E-state index in [1.165, 1.54) is 51.4 Å². The molecule has 2 saturated carbocycles. The molecule has 0 saturated heterocycles. The molecule has 0 amide bonds. The number of hydrogen-bond donors (Lipinski definition) is 0. The van der Waals surface area contributed by atoms with Gasteiger partial charge in [-0.15, -0.1) is 13.2 Å². The summed E-state index contributed by atoms with van der Waals surface area (Å²) < 4.78 is 0. The molecule has 1 heteroatoms. The minimum atomic E-state index is 0. The largest absolute Gasteiger partial charge is 2.00 e. The summed E-state index contributed by atoms with van der Waals surface area (Å²) in [6, 6.07) is 0. The number of terminal acetylenes is 1. The SMILES string of the molecule is C=CC1CCC(C2CCC(C=C)CC2)CC1.[C-]#C.[CH3-].[HH].[HH].[V+2]. The van der Waals surface area contributed by atoms with Crippen LogP contribution < -0.4 is 0 Å². The van der Waals surface area contributed by atoms with Crippen molar-refractivity contribution in [3.8, 4) is 6.42 Å². The van der Waals surface area contributed by atoms with Crippen molar-refractivity contribution in [3.63, 3.8) is 0 Å². The molecule has 2 aliphatic carbocycles. The zero-order valence-corrected chi connectivity index (χ0v) is 14.5. The van der Waals surface area contributed by atoms with E-state index in [1.807, 2.05) is 0 Å². The quantitative estimate of drug-likeness (QED) is 0.334.